The van der Waals surface area contributed by atoms with E-state index in [1.807, 2.05) is 13.8 Å². The van der Waals surface area contributed by atoms with Crippen LogP contribution in [0.5, 0.6) is 0 Å². The van der Waals surface area contributed by atoms with Crippen molar-refractivity contribution in [3.8, 4) is 0 Å². The van der Waals surface area contributed by atoms with Gasteiger partial charge in [-0.1, -0.05) is 27.2 Å². The Balaban J connectivity index is 0.000000956. The quantitative estimate of drug-likeness (QED) is 0.736. The number of methoxy groups -OCH3 is 1. The second-order valence-electron chi connectivity index (χ2n) is 6.94. The van der Waals surface area contributed by atoms with E-state index in [2.05, 4.69) is 32.6 Å². The van der Waals surface area contributed by atoms with Crippen LogP contribution in [0.2, 0.25) is 0 Å². The summed E-state index contributed by atoms with van der Waals surface area (Å²) < 4.78 is 5.00. The third kappa shape index (κ3) is 2.49. The van der Waals surface area contributed by atoms with Crippen LogP contribution in [0.25, 0.3) is 0 Å². The lowest BCUT2D eigenvalue weighted by molar-refractivity contribution is -0.149. The van der Waals surface area contributed by atoms with Gasteiger partial charge in [0.15, 0.2) is 0 Å². The number of likely N-dealkylation sites (tertiary alicyclic amines) is 1. The Hall–Kier alpha value is -0.570. The number of hydrogen-bond acceptors (Lipinski definition) is 3. The molecule has 3 heteroatoms. The maximum Gasteiger partial charge on any atom is 0.312 e. The first-order valence-corrected chi connectivity index (χ1v) is 8.13. The number of carbonyl (C=O) groups is 1. The molecule has 0 aromatic heterocycles. The lowest BCUT2D eigenvalue weighted by Gasteiger charge is -2.47. The van der Waals surface area contributed by atoms with Gasteiger partial charge in [-0.05, 0) is 53.1 Å². The SMILES string of the molecule is CC.COC(=O)C1(C)CC1(C)C(C)(C)N1CCCCC1. The number of piperidine rings is 1. The van der Waals surface area contributed by atoms with E-state index in [0.717, 1.165) is 6.42 Å². The molecule has 0 radical (unpaired) electrons. The summed E-state index contributed by atoms with van der Waals surface area (Å²) in [7, 11) is 1.50. The van der Waals surface area contributed by atoms with Gasteiger partial charge in [-0.3, -0.25) is 9.69 Å². The summed E-state index contributed by atoms with van der Waals surface area (Å²) in [6, 6.07) is 0. The van der Waals surface area contributed by atoms with Gasteiger partial charge in [-0.15, -0.1) is 0 Å². The molecular formula is C17H33NO2. The third-order valence-corrected chi connectivity index (χ3v) is 5.93. The summed E-state index contributed by atoms with van der Waals surface area (Å²) in [6.45, 7) is 15.2. The molecule has 0 bridgehead atoms. The maximum absolute atomic E-state index is 12.0. The largest absolute Gasteiger partial charge is 0.469 e. The van der Waals surface area contributed by atoms with E-state index in [4.69, 9.17) is 4.74 Å². The number of ether oxygens (including phenoxy) is 1. The molecule has 118 valence electrons. The highest BCUT2D eigenvalue weighted by atomic mass is 16.5. The van der Waals surface area contributed by atoms with Gasteiger partial charge in [0.05, 0.1) is 12.5 Å². The molecule has 0 spiro atoms. The molecule has 3 nitrogen and oxygen atoms in total. The molecule has 20 heavy (non-hydrogen) atoms. The first-order valence-electron chi connectivity index (χ1n) is 8.13. The number of carbonyl (C=O) groups excluding carboxylic acids is 1. The van der Waals surface area contributed by atoms with Gasteiger partial charge in [0.1, 0.15) is 0 Å². The summed E-state index contributed by atoms with van der Waals surface area (Å²) in [6.07, 6.45) is 4.86. The summed E-state index contributed by atoms with van der Waals surface area (Å²) >= 11 is 0. The second kappa shape index (κ2) is 6.05. The fraction of sp³-hybridized carbons (Fsp3) is 0.941. The number of nitrogens with zero attached hydrogens (tertiary/aromatic N) is 1. The van der Waals surface area contributed by atoms with Gasteiger partial charge in [0.25, 0.3) is 0 Å². The van der Waals surface area contributed by atoms with Crippen molar-refractivity contribution in [1.29, 1.82) is 0 Å². The molecule has 1 aliphatic carbocycles. The van der Waals surface area contributed by atoms with Crippen molar-refractivity contribution in [2.45, 2.75) is 72.8 Å². The molecule has 1 heterocycles. The van der Waals surface area contributed by atoms with Crippen LogP contribution in [0.4, 0.5) is 0 Å². The van der Waals surface area contributed by atoms with Crippen LogP contribution in [-0.4, -0.2) is 36.6 Å². The smallest absolute Gasteiger partial charge is 0.312 e. The third-order valence-electron chi connectivity index (χ3n) is 5.93. The van der Waals surface area contributed by atoms with Crippen molar-refractivity contribution in [2.75, 3.05) is 20.2 Å². The van der Waals surface area contributed by atoms with E-state index in [0.29, 0.717) is 0 Å². The standard InChI is InChI=1S/C15H27NO2.C2H6/c1-13(2,16-9-7-6-8-10-16)15(4)11-14(15,3)12(17)18-5;1-2/h6-11H2,1-5H3;1-2H3. The Bertz CT molecular complexity index is 347. The Morgan fingerprint density at radius 1 is 1.10 bits per heavy atom. The molecule has 2 atom stereocenters. The van der Waals surface area contributed by atoms with E-state index < -0.39 is 0 Å². The predicted molar refractivity (Wildman–Crippen MR) is 83.7 cm³/mol. The summed E-state index contributed by atoms with van der Waals surface area (Å²) in [5.41, 5.74) is -0.205. The van der Waals surface area contributed by atoms with Crippen molar-refractivity contribution in [2.24, 2.45) is 10.8 Å². The van der Waals surface area contributed by atoms with Gasteiger partial charge in [0, 0.05) is 11.0 Å². The number of hydrogen-bond donors (Lipinski definition) is 0. The van der Waals surface area contributed by atoms with Gasteiger partial charge in [0.2, 0.25) is 0 Å². The van der Waals surface area contributed by atoms with E-state index in [-0.39, 0.29) is 22.3 Å². The Labute approximate surface area is 125 Å². The Morgan fingerprint density at radius 2 is 1.60 bits per heavy atom. The van der Waals surface area contributed by atoms with Crippen LogP contribution in [0.15, 0.2) is 0 Å². The molecule has 2 fully saturated rings. The van der Waals surface area contributed by atoms with Crippen LogP contribution in [0.3, 0.4) is 0 Å². The molecule has 1 aliphatic heterocycles. The number of esters is 1. The van der Waals surface area contributed by atoms with E-state index >= 15 is 0 Å². The maximum atomic E-state index is 12.0. The van der Waals surface area contributed by atoms with E-state index in [9.17, 15) is 4.79 Å². The lowest BCUT2D eigenvalue weighted by Crippen LogP contribution is -2.54. The average molecular weight is 283 g/mol. The zero-order valence-electron chi connectivity index (χ0n) is 14.5. The molecule has 0 N–H and O–H groups in total. The van der Waals surface area contributed by atoms with Gasteiger partial charge in [-0.2, -0.15) is 0 Å². The van der Waals surface area contributed by atoms with Crippen molar-refractivity contribution in [3.05, 3.63) is 0 Å². The van der Waals surface area contributed by atoms with Crippen molar-refractivity contribution < 1.29 is 9.53 Å². The van der Waals surface area contributed by atoms with Crippen molar-refractivity contribution >= 4 is 5.97 Å². The first-order chi connectivity index (χ1) is 9.29. The Morgan fingerprint density at radius 3 is 2.05 bits per heavy atom. The minimum atomic E-state index is -0.303. The normalized spacial score (nSPS) is 34.0. The molecule has 1 saturated carbocycles. The molecule has 2 unspecified atom stereocenters. The predicted octanol–water partition coefficient (Wildman–Crippen LogP) is 3.87. The van der Waals surface area contributed by atoms with E-state index in [1.165, 1.54) is 39.5 Å². The second-order valence-corrected chi connectivity index (χ2v) is 6.94. The molecule has 2 aliphatic rings. The van der Waals surface area contributed by atoms with E-state index in [1.54, 1.807) is 0 Å². The Kier molecular flexibility index (Phi) is 5.29. The highest BCUT2D eigenvalue weighted by Crippen LogP contribution is 2.70. The van der Waals surface area contributed by atoms with Crippen LogP contribution in [0, 0.1) is 10.8 Å². The summed E-state index contributed by atoms with van der Waals surface area (Å²) in [5.74, 6) is -0.0462. The summed E-state index contributed by atoms with van der Waals surface area (Å²) in [5, 5.41) is 0. The highest BCUT2D eigenvalue weighted by molar-refractivity contribution is 5.81. The van der Waals surface area contributed by atoms with Gasteiger partial charge >= 0.3 is 5.97 Å². The van der Waals surface area contributed by atoms with Crippen LogP contribution >= 0.6 is 0 Å². The van der Waals surface area contributed by atoms with Crippen LogP contribution < -0.4 is 0 Å². The average Bonchev–Trinajstić information content (AvgIpc) is 3.07. The minimum Gasteiger partial charge on any atom is -0.469 e. The molecule has 1 saturated heterocycles. The van der Waals surface area contributed by atoms with Crippen LogP contribution in [0.1, 0.15) is 67.2 Å². The first kappa shape index (κ1) is 17.5. The van der Waals surface area contributed by atoms with Crippen molar-refractivity contribution in [3.63, 3.8) is 0 Å². The zero-order valence-corrected chi connectivity index (χ0v) is 14.5. The fourth-order valence-electron chi connectivity index (χ4n) is 3.88. The highest BCUT2D eigenvalue weighted by Gasteiger charge is 2.73. The number of rotatable bonds is 3. The zero-order chi connectivity index (χ0) is 15.6. The van der Waals surface area contributed by atoms with Gasteiger partial charge < -0.3 is 4.74 Å². The topological polar surface area (TPSA) is 29.5 Å². The molecule has 0 amide bonds. The summed E-state index contributed by atoms with van der Waals surface area (Å²) in [4.78, 5) is 14.6. The van der Waals surface area contributed by atoms with Gasteiger partial charge in [-0.25, -0.2) is 0 Å². The lowest BCUT2D eigenvalue weighted by atomic mass is 9.77. The molecule has 2 rings (SSSR count). The minimum absolute atomic E-state index is 0.0322. The fourth-order valence-corrected chi connectivity index (χ4v) is 3.88. The monoisotopic (exact) mass is 283 g/mol. The van der Waals surface area contributed by atoms with Crippen molar-refractivity contribution in [1.82, 2.24) is 4.90 Å². The molecule has 0 aromatic carbocycles. The van der Waals surface area contributed by atoms with Crippen LogP contribution in [-0.2, 0) is 9.53 Å². The molecular weight excluding hydrogens is 250 g/mol. The molecule has 0 aromatic rings.